The summed E-state index contributed by atoms with van der Waals surface area (Å²) in [5, 5.41) is 6.95. The summed E-state index contributed by atoms with van der Waals surface area (Å²) >= 11 is 1.44. The second kappa shape index (κ2) is 4.71. The van der Waals surface area contributed by atoms with Gasteiger partial charge in [0, 0.05) is 18.1 Å². The second-order valence-corrected chi connectivity index (χ2v) is 5.11. The highest BCUT2D eigenvalue weighted by atomic mass is 32.1. The van der Waals surface area contributed by atoms with Crippen LogP contribution in [0.15, 0.2) is 11.4 Å². The van der Waals surface area contributed by atoms with E-state index >= 15 is 0 Å². The number of aryl methyl sites for hydroxylation is 1. The predicted octanol–water partition coefficient (Wildman–Crippen LogP) is 2.75. The van der Waals surface area contributed by atoms with Gasteiger partial charge in [-0.15, -0.1) is 11.3 Å². The summed E-state index contributed by atoms with van der Waals surface area (Å²) in [5.74, 6) is 0.476. The van der Waals surface area contributed by atoms with Gasteiger partial charge in [0.05, 0.1) is 11.4 Å². The molecule has 2 N–H and O–H groups in total. The molecule has 0 radical (unpaired) electrons. The molecule has 0 aromatic carbocycles. The van der Waals surface area contributed by atoms with E-state index in [9.17, 15) is 0 Å². The first-order valence-corrected chi connectivity index (χ1v) is 6.37. The molecule has 2 rings (SSSR count). The van der Waals surface area contributed by atoms with E-state index in [4.69, 9.17) is 5.73 Å². The van der Waals surface area contributed by atoms with Crippen molar-refractivity contribution in [1.82, 2.24) is 14.8 Å². The number of nitrogens with two attached hydrogens (primary N) is 1. The number of hydrogen-bond donors (Lipinski definition) is 1. The Hall–Kier alpha value is -1.62. The molecule has 17 heavy (non-hydrogen) atoms. The molecule has 0 saturated heterocycles. The molecule has 0 aliphatic rings. The van der Waals surface area contributed by atoms with Crippen molar-refractivity contribution < 1.29 is 0 Å². The first-order valence-electron chi connectivity index (χ1n) is 5.49. The number of nitrogen functional groups attached to an aromatic ring is 1. The first kappa shape index (κ1) is 11.9. The Labute approximate surface area is 105 Å². The maximum absolute atomic E-state index is 5.57. The number of thiazole rings is 1. The molecule has 4 nitrogen and oxygen atoms in total. The van der Waals surface area contributed by atoms with Crippen LogP contribution in [-0.2, 0) is 7.05 Å². The fourth-order valence-corrected chi connectivity index (χ4v) is 2.21. The van der Waals surface area contributed by atoms with Gasteiger partial charge >= 0.3 is 0 Å². The minimum absolute atomic E-state index is 0.476. The number of hydrogen-bond acceptors (Lipinski definition) is 4. The van der Waals surface area contributed by atoms with Gasteiger partial charge in [0.25, 0.3) is 0 Å². The lowest BCUT2D eigenvalue weighted by Gasteiger charge is -2.02. The zero-order valence-electron chi connectivity index (χ0n) is 10.2. The van der Waals surface area contributed by atoms with Crippen molar-refractivity contribution >= 4 is 28.6 Å². The lowest BCUT2D eigenvalue weighted by Crippen LogP contribution is -1.99. The van der Waals surface area contributed by atoms with Gasteiger partial charge in [-0.3, -0.25) is 4.68 Å². The molecule has 90 valence electrons. The van der Waals surface area contributed by atoms with Crippen molar-refractivity contribution in [3.8, 4) is 0 Å². The van der Waals surface area contributed by atoms with E-state index in [0.29, 0.717) is 11.0 Å². The van der Waals surface area contributed by atoms with Gasteiger partial charge in [-0.1, -0.05) is 13.8 Å². The van der Waals surface area contributed by atoms with Crippen LogP contribution >= 0.6 is 11.3 Å². The van der Waals surface area contributed by atoms with Crippen LogP contribution in [0, 0.1) is 0 Å². The fourth-order valence-electron chi connectivity index (χ4n) is 1.67. The highest BCUT2D eigenvalue weighted by Gasteiger charge is 2.06. The van der Waals surface area contributed by atoms with Gasteiger partial charge in [0.15, 0.2) is 5.13 Å². The van der Waals surface area contributed by atoms with Gasteiger partial charge in [-0.25, -0.2) is 4.98 Å². The minimum atomic E-state index is 0.476. The molecule has 0 spiro atoms. The van der Waals surface area contributed by atoms with Gasteiger partial charge in [-0.05, 0) is 24.1 Å². The summed E-state index contributed by atoms with van der Waals surface area (Å²) in [4.78, 5) is 4.16. The number of rotatable bonds is 3. The molecule has 0 unspecified atom stereocenters. The minimum Gasteiger partial charge on any atom is -0.375 e. The average Bonchev–Trinajstić information content (AvgIpc) is 2.82. The molecule has 0 bridgehead atoms. The van der Waals surface area contributed by atoms with Crippen molar-refractivity contribution in [3.05, 3.63) is 28.5 Å². The van der Waals surface area contributed by atoms with E-state index in [1.165, 1.54) is 17.0 Å². The molecule has 2 heterocycles. The van der Waals surface area contributed by atoms with Crippen molar-refractivity contribution in [3.63, 3.8) is 0 Å². The zero-order chi connectivity index (χ0) is 12.4. The average molecular weight is 248 g/mol. The van der Waals surface area contributed by atoms with Gasteiger partial charge in [0.2, 0.25) is 0 Å². The molecule has 2 aromatic rings. The smallest absolute Gasteiger partial charge is 0.180 e. The van der Waals surface area contributed by atoms with E-state index in [1.807, 2.05) is 29.3 Å². The Balaban J connectivity index is 2.19. The van der Waals surface area contributed by atoms with Crippen LogP contribution in [-0.4, -0.2) is 14.8 Å². The van der Waals surface area contributed by atoms with Crippen LogP contribution < -0.4 is 5.73 Å². The fraction of sp³-hybridized carbons (Fsp3) is 0.333. The van der Waals surface area contributed by atoms with E-state index in [0.717, 1.165) is 11.4 Å². The van der Waals surface area contributed by atoms with Crippen LogP contribution in [0.3, 0.4) is 0 Å². The summed E-state index contributed by atoms with van der Waals surface area (Å²) in [7, 11) is 1.97. The highest BCUT2D eigenvalue weighted by molar-refractivity contribution is 7.13. The van der Waals surface area contributed by atoms with E-state index in [1.54, 1.807) is 0 Å². The second-order valence-electron chi connectivity index (χ2n) is 4.22. The number of anilines is 1. The van der Waals surface area contributed by atoms with Crippen molar-refractivity contribution in [2.45, 2.75) is 19.8 Å². The first-order chi connectivity index (χ1) is 8.06. The molecular formula is C12H16N4S. The van der Waals surface area contributed by atoms with Crippen molar-refractivity contribution in [1.29, 1.82) is 0 Å². The van der Waals surface area contributed by atoms with Gasteiger partial charge in [0.1, 0.15) is 0 Å². The highest BCUT2D eigenvalue weighted by Crippen LogP contribution is 2.17. The van der Waals surface area contributed by atoms with E-state index in [2.05, 4.69) is 30.0 Å². The normalized spacial score (nSPS) is 11.8. The quantitative estimate of drug-likeness (QED) is 0.908. The van der Waals surface area contributed by atoms with E-state index < -0.39 is 0 Å². The third kappa shape index (κ3) is 2.74. The Kier molecular flexibility index (Phi) is 3.28. The number of nitrogens with zero attached hydrogens (tertiary/aromatic N) is 3. The lowest BCUT2D eigenvalue weighted by atomic mass is 10.1. The number of aromatic nitrogens is 3. The molecule has 0 amide bonds. The Morgan fingerprint density at radius 1 is 1.35 bits per heavy atom. The summed E-state index contributed by atoms with van der Waals surface area (Å²) in [5.41, 5.74) is 8.62. The van der Waals surface area contributed by atoms with Crippen molar-refractivity contribution in [2.24, 2.45) is 7.05 Å². The SMILES string of the molecule is CC(C)c1cc(/C=C/c2csc(N)n2)nn1C. The predicted molar refractivity (Wildman–Crippen MR) is 72.8 cm³/mol. The molecule has 0 atom stereocenters. The molecular weight excluding hydrogens is 232 g/mol. The van der Waals surface area contributed by atoms with Crippen LogP contribution in [0.1, 0.15) is 36.8 Å². The molecule has 0 saturated carbocycles. The van der Waals surface area contributed by atoms with Crippen LogP contribution in [0.25, 0.3) is 12.2 Å². The molecule has 5 heteroatoms. The van der Waals surface area contributed by atoms with Crippen molar-refractivity contribution in [2.75, 3.05) is 5.73 Å². The molecule has 0 aliphatic carbocycles. The van der Waals surface area contributed by atoms with E-state index in [-0.39, 0.29) is 0 Å². The monoisotopic (exact) mass is 248 g/mol. The standard InChI is InChI=1S/C12H16N4S/c1-8(2)11-6-9(15-16(11)3)4-5-10-7-17-12(13)14-10/h4-8H,1-3H3,(H2,13,14)/b5-4+. The third-order valence-electron chi connectivity index (χ3n) is 2.49. The summed E-state index contributed by atoms with van der Waals surface area (Å²) in [6.07, 6.45) is 3.89. The van der Waals surface area contributed by atoms with Gasteiger partial charge in [-0.2, -0.15) is 5.10 Å². The maximum Gasteiger partial charge on any atom is 0.180 e. The summed E-state index contributed by atoms with van der Waals surface area (Å²) < 4.78 is 1.92. The molecule has 2 aromatic heterocycles. The summed E-state index contributed by atoms with van der Waals surface area (Å²) in [6, 6.07) is 2.09. The largest absolute Gasteiger partial charge is 0.375 e. The van der Waals surface area contributed by atoms with Gasteiger partial charge < -0.3 is 5.73 Å². The maximum atomic E-state index is 5.57. The third-order valence-corrected chi connectivity index (χ3v) is 3.18. The molecule has 0 fully saturated rings. The van der Waals surface area contributed by atoms with Crippen LogP contribution in [0.2, 0.25) is 0 Å². The molecule has 0 aliphatic heterocycles. The Bertz CT molecular complexity index is 536. The van der Waals surface area contributed by atoms with Crippen LogP contribution in [0.5, 0.6) is 0 Å². The Morgan fingerprint density at radius 2 is 2.06 bits per heavy atom. The Morgan fingerprint density at radius 3 is 2.59 bits per heavy atom. The van der Waals surface area contributed by atoms with Crippen LogP contribution in [0.4, 0.5) is 5.13 Å². The summed E-state index contributed by atoms with van der Waals surface area (Å²) in [6.45, 7) is 4.32. The lowest BCUT2D eigenvalue weighted by molar-refractivity contribution is 0.668. The zero-order valence-corrected chi connectivity index (χ0v) is 11.0. The topological polar surface area (TPSA) is 56.7 Å².